The number of benzene rings is 1. The van der Waals surface area contributed by atoms with Crippen LogP contribution in [0.3, 0.4) is 0 Å². The number of halogens is 1. The Labute approximate surface area is 110 Å². The van der Waals surface area contributed by atoms with E-state index < -0.39 is 5.82 Å². The van der Waals surface area contributed by atoms with Crippen molar-refractivity contribution >= 4 is 23.4 Å². The molecule has 0 saturated heterocycles. The molecule has 2 atom stereocenters. The van der Waals surface area contributed by atoms with Gasteiger partial charge in [-0.1, -0.05) is 6.42 Å². The highest BCUT2D eigenvalue weighted by molar-refractivity contribution is 7.99. The number of amides is 1. The Hall–Kier alpha value is -1.23. The van der Waals surface area contributed by atoms with Gasteiger partial charge in [-0.2, -0.15) is 11.8 Å². The first-order valence-electron chi connectivity index (χ1n) is 6.00. The summed E-state index contributed by atoms with van der Waals surface area (Å²) in [4.78, 5) is 12.0. The molecular weight excluding hydrogens is 251 g/mol. The van der Waals surface area contributed by atoms with E-state index in [0.717, 1.165) is 19.3 Å². The smallest absolute Gasteiger partial charge is 0.251 e. The summed E-state index contributed by atoms with van der Waals surface area (Å²) in [6, 6.07) is 4.10. The van der Waals surface area contributed by atoms with Crippen LogP contribution >= 0.6 is 11.8 Å². The molecule has 3 nitrogen and oxygen atoms in total. The summed E-state index contributed by atoms with van der Waals surface area (Å²) in [5.74, 6) is -0.722. The van der Waals surface area contributed by atoms with E-state index in [4.69, 9.17) is 5.73 Å². The molecule has 2 rings (SSSR count). The topological polar surface area (TPSA) is 55.1 Å². The first kappa shape index (κ1) is 13.2. The Morgan fingerprint density at radius 2 is 2.22 bits per heavy atom. The van der Waals surface area contributed by atoms with Crippen molar-refractivity contribution < 1.29 is 9.18 Å². The maximum atomic E-state index is 13.2. The van der Waals surface area contributed by atoms with Crippen molar-refractivity contribution in [2.24, 2.45) is 0 Å². The molecule has 0 heterocycles. The average Bonchev–Trinajstić information content (AvgIpc) is 2.75. The van der Waals surface area contributed by atoms with E-state index >= 15 is 0 Å². The van der Waals surface area contributed by atoms with Gasteiger partial charge in [-0.15, -0.1) is 0 Å². The highest BCUT2D eigenvalue weighted by atomic mass is 32.2. The van der Waals surface area contributed by atoms with E-state index in [1.165, 1.54) is 18.2 Å². The molecule has 2 unspecified atom stereocenters. The predicted octanol–water partition coefficient (Wildman–Crippen LogP) is 2.42. The summed E-state index contributed by atoms with van der Waals surface area (Å²) in [7, 11) is 0. The van der Waals surface area contributed by atoms with E-state index in [1.807, 2.05) is 0 Å². The predicted molar refractivity (Wildman–Crippen MR) is 73.2 cm³/mol. The van der Waals surface area contributed by atoms with Crippen LogP contribution in [0.4, 0.5) is 10.1 Å². The summed E-state index contributed by atoms with van der Waals surface area (Å²) in [6.45, 7) is 0. The molecule has 5 heteroatoms. The standard InChI is InChI=1S/C13H17FN2OS/c1-18-12-4-2-3-11(12)16-13(17)8-5-9(14)7-10(15)6-8/h5-7,11-12H,2-4,15H2,1H3,(H,16,17). The minimum Gasteiger partial charge on any atom is -0.399 e. The van der Waals surface area contributed by atoms with Crippen molar-refractivity contribution in [1.82, 2.24) is 5.32 Å². The fraction of sp³-hybridized carbons (Fsp3) is 0.462. The number of carbonyl (C=O) groups excluding carboxylic acids is 1. The molecule has 1 aliphatic carbocycles. The van der Waals surface area contributed by atoms with Gasteiger partial charge >= 0.3 is 0 Å². The molecule has 1 fully saturated rings. The van der Waals surface area contributed by atoms with Crippen molar-refractivity contribution in [1.29, 1.82) is 0 Å². The highest BCUT2D eigenvalue weighted by Gasteiger charge is 2.28. The van der Waals surface area contributed by atoms with E-state index in [9.17, 15) is 9.18 Å². The normalized spacial score (nSPS) is 23.0. The second kappa shape index (κ2) is 5.61. The van der Waals surface area contributed by atoms with Gasteiger partial charge in [0.15, 0.2) is 0 Å². The molecule has 1 aliphatic rings. The summed E-state index contributed by atoms with van der Waals surface area (Å²) in [5, 5.41) is 3.43. The van der Waals surface area contributed by atoms with Gasteiger partial charge in [0.1, 0.15) is 5.82 Å². The van der Waals surface area contributed by atoms with E-state index in [0.29, 0.717) is 10.8 Å². The Balaban J connectivity index is 2.07. The molecule has 1 amide bonds. The molecule has 0 aliphatic heterocycles. The van der Waals surface area contributed by atoms with Gasteiger partial charge in [0.2, 0.25) is 0 Å². The minimum atomic E-state index is -0.479. The van der Waals surface area contributed by atoms with Crippen molar-refractivity contribution in [3.05, 3.63) is 29.6 Å². The van der Waals surface area contributed by atoms with Crippen LogP contribution < -0.4 is 11.1 Å². The maximum absolute atomic E-state index is 13.2. The van der Waals surface area contributed by atoms with Gasteiger partial charge in [0, 0.05) is 22.5 Å². The van der Waals surface area contributed by atoms with Gasteiger partial charge in [-0.3, -0.25) is 4.79 Å². The SMILES string of the molecule is CSC1CCCC1NC(=O)c1cc(N)cc(F)c1. The number of carbonyl (C=O) groups is 1. The summed E-state index contributed by atoms with van der Waals surface area (Å²) in [5.41, 5.74) is 6.10. The fourth-order valence-corrected chi connectivity index (χ4v) is 3.30. The van der Waals surface area contributed by atoms with Crippen molar-refractivity contribution in [3.8, 4) is 0 Å². The first-order chi connectivity index (χ1) is 8.60. The quantitative estimate of drug-likeness (QED) is 0.828. The van der Waals surface area contributed by atoms with Gasteiger partial charge in [0.05, 0.1) is 0 Å². The number of nitrogens with two attached hydrogens (primary N) is 1. The molecule has 1 saturated carbocycles. The highest BCUT2D eigenvalue weighted by Crippen LogP contribution is 2.28. The summed E-state index contributed by atoms with van der Waals surface area (Å²) < 4.78 is 13.2. The van der Waals surface area contributed by atoms with Gasteiger partial charge in [-0.05, 0) is 37.3 Å². The number of hydrogen-bond acceptors (Lipinski definition) is 3. The number of nitrogen functional groups attached to an aromatic ring is 1. The molecule has 0 spiro atoms. The lowest BCUT2D eigenvalue weighted by atomic mass is 10.1. The van der Waals surface area contributed by atoms with Crippen LogP contribution in [0, 0.1) is 5.82 Å². The van der Waals surface area contributed by atoms with Crippen LogP contribution in [0.15, 0.2) is 18.2 Å². The Bertz CT molecular complexity index is 432. The molecule has 98 valence electrons. The lowest BCUT2D eigenvalue weighted by Crippen LogP contribution is -2.38. The molecule has 3 N–H and O–H groups in total. The zero-order chi connectivity index (χ0) is 13.1. The maximum Gasteiger partial charge on any atom is 0.251 e. The summed E-state index contributed by atoms with van der Waals surface area (Å²) >= 11 is 1.77. The Kier molecular flexibility index (Phi) is 4.11. The van der Waals surface area contributed by atoms with E-state index in [1.54, 1.807) is 11.8 Å². The third-order valence-electron chi connectivity index (χ3n) is 3.25. The molecule has 0 aromatic heterocycles. The Morgan fingerprint density at radius 1 is 1.44 bits per heavy atom. The van der Waals surface area contributed by atoms with Gasteiger partial charge in [-0.25, -0.2) is 4.39 Å². The van der Waals surface area contributed by atoms with Crippen molar-refractivity contribution in [3.63, 3.8) is 0 Å². The first-order valence-corrected chi connectivity index (χ1v) is 7.28. The molecule has 0 bridgehead atoms. The molecule has 0 radical (unpaired) electrons. The lowest BCUT2D eigenvalue weighted by Gasteiger charge is -2.19. The lowest BCUT2D eigenvalue weighted by molar-refractivity contribution is 0.0938. The van der Waals surface area contributed by atoms with Crippen molar-refractivity contribution in [2.45, 2.75) is 30.6 Å². The van der Waals surface area contributed by atoms with E-state index in [-0.39, 0.29) is 17.6 Å². The van der Waals surface area contributed by atoms with Gasteiger partial charge in [0.25, 0.3) is 5.91 Å². The molecule has 18 heavy (non-hydrogen) atoms. The third kappa shape index (κ3) is 2.96. The number of nitrogens with one attached hydrogen (secondary N) is 1. The monoisotopic (exact) mass is 268 g/mol. The second-order valence-corrected chi connectivity index (χ2v) is 5.64. The fourth-order valence-electron chi connectivity index (χ4n) is 2.37. The number of thioether (sulfide) groups is 1. The number of anilines is 1. The van der Waals surface area contributed by atoms with Crippen LogP contribution in [0.5, 0.6) is 0 Å². The molecular formula is C13H17FN2OS. The van der Waals surface area contributed by atoms with E-state index in [2.05, 4.69) is 11.6 Å². The number of hydrogen-bond donors (Lipinski definition) is 2. The zero-order valence-corrected chi connectivity index (χ0v) is 11.1. The van der Waals surface area contributed by atoms with Crippen LogP contribution in [0.1, 0.15) is 29.6 Å². The summed E-state index contributed by atoms with van der Waals surface area (Å²) in [6.07, 6.45) is 5.29. The second-order valence-electron chi connectivity index (χ2n) is 4.56. The molecule has 1 aromatic carbocycles. The minimum absolute atomic E-state index is 0.178. The van der Waals surface area contributed by atoms with Crippen molar-refractivity contribution in [2.75, 3.05) is 12.0 Å². The third-order valence-corrected chi connectivity index (χ3v) is 4.42. The van der Waals surface area contributed by atoms with Crippen LogP contribution in [-0.2, 0) is 0 Å². The number of rotatable bonds is 3. The Morgan fingerprint density at radius 3 is 2.89 bits per heavy atom. The zero-order valence-electron chi connectivity index (χ0n) is 10.3. The van der Waals surface area contributed by atoms with Crippen LogP contribution in [-0.4, -0.2) is 23.5 Å². The van der Waals surface area contributed by atoms with Crippen LogP contribution in [0.25, 0.3) is 0 Å². The molecule has 1 aromatic rings. The van der Waals surface area contributed by atoms with Crippen LogP contribution in [0.2, 0.25) is 0 Å². The largest absolute Gasteiger partial charge is 0.399 e. The average molecular weight is 268 g/mol. The van der Waals surface area contributed by atoms with Gasteiger partial charge < -0.3 is 11.1 Å².